The van der Waals surface area contributed by atoms with Gasteiger partial charge in [-0.15, -0.1) is 0 Å². The van der Waals surface area contributed by atoms with Crippen molar-refractivity contribution < 1.29 is 4.52 Å². The second kappa shape index (κ2) is 7.36. The van der Waals surface area contributed by atoms with Crippen LogP contribution in [0.2, 0.25) is 0 Å². The van der Waals surface area contributed by atoms with Gasteiger partial charge < -0.3 is 0 Å². The number of hydrogen-bond acceptors (Lipinski definition) is 1. The molecule has 0 aromatic heterocycles. The Kier molecular flexibility index (Phi) is 5.07. The molecule has 27 heavy (non-hydrogen) atoms. The molecular formula is C24H23BrOP+. The van der Waals surface area contributed by atoms with Crippen molar-refractivity contribution in [1.82, 2.24) is 0 Å². The minimum absolute atomic E-state index is 0.358. The number of allylic oxidation sites excluding steroid dienone is 1. The van der Waals surface area contributed by atoms with Gasteiger partial charge in [-0.1, -0.05) is 66.7 Å². The molecule has 0 saturated carbocycles. The Morgan fingerprint density at radius 2 is 1.19 bits per heavy atom. The molecule has 0 atom stereocenters. The van der Waals surface area contributed by atoms with E-state index in [9.17, 15) is 0 Å². The molecule has 0 unspecified atom stereocenters. The van der Waals surface area contributed by atoms with Crippen LogP contribution in [0.1, 0.15) is 19.4 Å². The molecule has 1 nitrogen and oxygen atoms in total. The third kappa shape index (κ3) is 3.31. The molecule has 4 rings (SSSR count). The number of rotatable bonds is 4. The molecule has 3 aromatic carbocycles. The molecule has 0 N–H and O–H groups in total. The first kappa shape index (κ1) is 18.6. The van der Waals surface area contributed by atoms with Gasteiger partial charge in [0, 0.05) is 6.42 Å². The molecule has 0 bridgehead atoms. The summed E-state index contributed by atoms with van der Waals surface area (Å²) in [6, 6.07) is 32.1. The van der Waals surface area contributed by atoms with Crippen molar-refractivity contribution in [2.75, 3.05) is 0 Å². The first-order valence-corrected chi connectivity index (χ1v) is 11.7. The smallest absolute Gasteiger partial charge is 0.211 e. The summed E-state index contributed by atoms with van der Waals surface area (Å²) in [4.78, 5) is 0. The van der Waals surface area contributed by atoms with E-state index in [0.29, 0.717) is 0 Å². The van der Waals surface area contributed by atoms with Crippen molar-refractivity contribution in [2.24, 2.45) is 0 Å². The lowest BCUT2D eigenvalue weighted by Gasteiger charge is -2.26. The number of benzene rings is 3. The number of hydrogen-bond donors (Lipinski definition) is 0. The van der Waals surface area contributed by atoms with Crippen molar-refractivity contribution in [2.45, 2.75) is 25.9 Å². The molecule has 0 fully saturated rings. The van der Waals surface area contributed by atoms with Crippen LogP contribution in [0.25, 0.3) is 0 Å². The molecular weight excluding hydrogens is 415 g/mol. The summed E-state index contributed by atoms with van der Waals surface area (Å²) in [7, 11) is -2.17. The molecule has 3 heteroatoms. The van der Waals surface area contributed by atoms with E-state index in [-0.39, 0.29) is 5.60 Å². The minimum atomic E-state index is -2.17. The lowest BCUT2D eigenvalue weighted by molar-refractivity contribution is 0.191. The fraction of sp³-hybridized carbons (Fsp3) is 0.167. The van der Waals surface area contributed by atoms with Gasteiger partial charge in [-0.25, -0.2) is 4.52 Å². The van der Waals surface area contributed by atoms with Crippen molar-refractivity contribution in [3.63, 3.8) is 0 Å². The van der Waals surface area contributed by atoms with Gasteiger partial charge in [-0.2, -0.15) is 0 Å². The quantitative estimate of drug-likeness (QED) is 0.439. The lowest BCUT2D eigenvalue weighted by atomic mass is 10.1. The van der Waals surface area contributed by atoms with E-state index in [1.165, 1.54) is 26.0 Å². The summed E-state index contributed by atoms with van der Waals surface area (Å²) in [6.45, 7) is 4.32. The van der Waals surface area contributed by atoms with Crippen LogP contribution in [0.3, 0.4) is 0 Å². The predicted molar refractivity (Wildman–Crippen MR) is 120 cm³/mol. The largest absolute Gasteiger partial charge is 0.240 e. The highest BCUT2D eigenvalue weighted by Crippen LogP contribution is 2.74. The summed E-state index contributed by atoms with van der Waals surface area (Å²) in [5.74, 6) is 0. The van der Waals surface area contributed by atoms with Crippen LogP contribution in [0, 0.1) is 0 Å². The van der Waals surface area contributed by atoms with E-state index in [0.717, 1.165) is 6.42 Å². The first-order chi connectivity index (χ1) is 13.0. The first-order valence-electron chi connectivity index (χ1n) is 9.19. The average molecular weight is 438 g/mol. The Labute approximate surface area is 170 Å². The maximum Gasteiger partial charge on any atom is 0.240 e. The molecule has 1 aliphatic rings. The molecule has 0 radical (unpaired) electrons. The molecule has 0 saturated heterocycles. The Hall–Kier alpha value is -1.73. The zero-order chi connectivity index (χ0) is 18.9. The maximum absolute atomic E-state index is 7.00. The van der Waals surface area contributed by atoms with Crippen molar-refractivity contribution in [3.8, 4) is 0 Å². The topological polar surface area (TPSA) is 9.23 Å². The molecule has 1 heterocycles. The Morgan fingerprint density at radius 1 is 0.741 bits per heavy atom. The fourth-order valence-electron chi connectivity index (χ4n) is 3.74. The van der Waals surface area contributed by atoms with Gasteiger partial charge in [0.25, 0.3) is 0 Å². The SMILES string of the molecule is CC1(C)O[P+](c2ccccc2)(c2ccccc2)C(Cc2ccccc2)=C1Br. The van der Waals surface area contributed by atoms with Crippen molar-refractivity contribution >= 4 is 34.0 Å². The summed E-state index contributed by atoms with van der Waals surface area (Å²) < 4.78 is 8.18. The number of halogens is 1. The standard InChI is InChI=1S/C24H23BrOP/c1-24(2)23(25)22(18-19-12-6-3-7-13-19)27(26-24,20-14-8-4-9-15-20)21-16-10-5-11-17-21/h3-17H,18H2,1-2H3/q+1. The van der Waals surface area contributed by atoms with E-state index >= 15 is 0 Å². The zero-order valence-electron chi connectivity index (χ0n) is 15.6. The molecule has 136 valence electrons. The highest BCUT2D eigenvalue weighted by atomic mass is 79.9. The van der Waals surface area contributed by atoms with Gasteiger partial charge in [-0.3, -0.25) is 0 Å². The Bertz CT molecular complexity index is 910. The van der Waals surface area contributed by atoms with Gasteiger partial charge >= 0.3 is 0 Å². The Balaban J connectivity index is 1.96. The second-order valence-corrected chi connectivity index (χ2v) is 11.1. The third-order valence-electron chi connectivity index (χ3n) is 4.98. The highest BCUT2D eigenvalue weighted by Gasteiger charge is 2.61. The minimum Gasteiger partial charge on any atom is -0.211 e. The van der Waals surface area contributed by atoms with Gasteiger partial charge in [0.2, 0.25) is 7.49 Å². The van der Waals surface area contributed by atoms with Gasteiger partial charge in [0.1, 0.15) is 21.5 Å². The van der Waals surface area contributed by atoms with Crippen LogP contribution in [-0.2, 0) is 10.9 Å². The van der Waals surface area contributed by atoms with E-state index < -0.39 is 7.49 Å². The van der Waals surface area contributed by atoms with E-state index in [1.807, 2.05) is 0 Å². The van der Waals surface area contributed by atoms with Crippen molar-refractivity contribution in [1.29, 1.82) is 0 Å². The van der Waals surface area contributed by atoms with Crippen molar-refractivity contribution in [3.05, 3.63) is 106 Å². The molecule has 0 amide bonds. The zero-order valence-corrected chi connectivity index (χ0v) is 18.1. The van der Waals surface area contributed by atoms with E-state index in [4.69, 9.17) is 4.52 Å². The van der Waals surface area contributed by atoms with E-state index in [1.54, 1.807) is 0 Å². The van der Waals surface area contributed by atoms with Gasteiger partial charge in [0.15, 0.2) is 0 Å². The average Bonchev–Trinajstić information content (AvgIpc) is 2.92. The third-order valence-corrected chi connectivity index (χ3v) is 10.6. The summed E-state index contributed by atoms with van der Waals surface area (Å²) in [6.07, 6.45) is 0.877. The van der Waals surface area contributed by atoms with E-state index in [2.05, 4.69) is 121 Å². The van der Waals surface area contributed by atoms with Gasteiger partial charge in [-0.05, 0) is 59.6 Å². The monoisotopic (exact) mass is 437 g/mol. The lowest BCUT2D eigenvalue weighted by Crippen LogP contribution is -2.28. The molecule has 0 aliphatic carbocycles. The normalized spacial score (nSPS) is 17.9. The van der Waals surface area contributed by atoms with Gasteiger partial charge in [0.05, 0.1) is 4.48 Å². The fourth-order valence-corrected chi connectivity index (χ4v) is 8.99. The van der Waals surface area contributed by atoms with Crippen LogP contribution in [-0.4, -0.2) is 5.60 Å². The maximum atomic E-state index is 7.00. The molecule has 1 aliphatic heterocycles. The predicted octanol–water partition coefficient (Wildman–Crippen LogP) is 6.23. The van der Waals surface area contributed by atoms with Crippen LogP contribution >= 0.6 is 23.4 Å². The highest BCUT2D eigenvalue weighted by molar-refractivity contribution is 9.11. The molecule has 0 spiro atoms. The van der Waals surface area contributed by atoms with Crippen LogP contribution < -0.4 is 10.6 Å². The van der Waals surface area contributed by atoms with Crippen LogP contribution in [0.15, 0.2) is 101 Å². The van der Waals surface area contributed by atoms with Crippen LogP contribution in [0.4, 0.5) is 0 Å². The second-order valence-electron chi connectivity index (χ2n) is 7.31. The summed E-state index contributed by atoms with van der Waals surface area (Å²) in [5.41, 5.74) is 0.950. The van der Waals surface area contributed by atoms with Crippen LogP contribution in [0.5, 0.6) is 0 Å². The summed E-state index contributed by atoms with van der Waals surface area (Å²) >= 11 is 3.94. The molecule has 3 aromatic rings. The Morgan fingerprint density at radius 3 is 1.67 bits per heavy atom. The summed E-state index contributed by atoms with van der Waals surface area (Å²) in [5, 5.41) is 3.91.